The predicted octanol–water partition coefficient (Wildman–Crippen LogP) is 3.66. The van der Waals surface area contributed by atoms with Crippen molar-refractivity contribution in [2.24, 2.45) is 5.92 Å². The Hall–Kier alpha value is -3.59. The van der Waals surface area contributed by atoms with Crippen LogP contribution < -0.4 is 10.6 Å². The fourth-order valence-corrected chi connectivity index (χ4v) is 4.53. The Labute approximate surface area is 202 Å². The number of benzene rings is 2. The first-order chi connectivity index (χ1) is 16.5. The minimum absolute atomic E-state index is 0.0311. The van der Waals surface area contributed by atoms with Gasteiger partial charge in [0.05, 0.1) is 0 Å². The summed E-state index contributed by atoms with van der Waals surface area (Å²) in [6, 6.07) is 17.2. The maximum Gasteiger partial charge on any atom is 0.286 e. The number of piperidine rings is 1. The second-order valence-corrected chi connectivity index (χ2v) is 9.41. The summed E-state index contributed by atoms with van der Waals surface area (Å²) in [6.45, 7) is 3.67. The maximum atomic E-state index is 12.8. The molecule has 0 bridgehead atoms. The number of aryl methyl sites for hydroxylation is 1. The normalized spacial score (nSPS) is 14.0. The van der Waals surface area contributed by atoms with Gasteiger partial charge in [-0.05, 0) is 43.4 Å². The van der Waals surface area contributed by atoms with Crippen LogP contribution in [0, 0.1) is 12.8 Å². The van der Waals surface area contributed by atoms with E-state index < -0.39 is 5.91 Å². The Kier molecular flexibility index (Phi) is 7.64. The molecule has 1 aliphatic rings. The van der Waals surface area contributed by atoms with Crippen LogP contribution >= 0.6 is 11.3 Å². The molecule has 34 heavy (non-hydrogen) atoms. The zero-order valence-electron chi connectivity index (χ0n) is 19.0. The van der Waals surface area contributed by atoms with Crippen molar-refractivity contribution in [2.75, 3.05) is 18.4 Å². The summed E-state index contributed by atoms with van der Waals surface area (Å²) >= 11 is 0.989. The third kappa shape index (κ3) is 6.26. The standard InChI is InChI=1S/C25H27N5O3S/c1-17-7-9-19(10-8-17)16-26-21(31)15-18-11-13-30(14-12-18)25(33)24-29-28-23(34-24)22(32)27-20-5-3-2-4-6-20/h2-10,18H,11-16H2,1H3,(H,26,31)(H,27,32). The minimum atomic E-state index is -0.391. The summed E-state index contributed by atoms with van der Waals surface area (Å²) in [6.07, 6.45) is 1.96. The van der Waals surface area contributed by atoms with Crippen LogP contribution in [0.1, 0.15) is 50.0 Å². The number of hydrogen-bond donors (Lipinski definition) is 2. The van der Waals surface area contributed by atoms with E-state index in [1.165, 1.54) is 5.56 Å². The highest BCUT2D eigenvalue weighted by Gasteiger charge is 2.27. The van der Waals surface area contributed by atoms with Crippen molar-refractivity contribution in [1.29, 1.82) is 0 Å². The Morgan fingerprint density at radius 3 is 2.35 bits per heavy atom. The SMILES string of the molecule is Cc1ccc(CNC(=O)CC2CCN(C(=O)c3nnc(C(=O)Nc4ccccc4)s3)CC2)cc1. The van der Waals surface area contributed by atoms with Crippen LogP contribution in [0.3, 0.4) is 0 Å². The number of aromatic nitrogens is 2. The molecular weight excluding hydrogens is 450 g/mol. The van der Waals surface area contributed by atoms with Crippen LogP contribution in [0.5, 0.6) is 0 Å². The van der Waals surface area contributed by atoms with Crippen molar-refractivity contribution in [2.45, 2.75) is 32.7 Å². The highest BCUT2D eigenvalue weighted by molar-refractivity contribution is 7.15. The number of carbonyl (C=O) groups excluding carboxylic acids is 3. The fourth-order valence-electron chi connectivity index (χ4n) is 3.82. The molecule has 0 unspecified atom stereocenters. The summed E-state index contributed by atoms with van der Waals surface area (Å²) in [5, 5.41) is 13.9. The number of nitrogens with zero attached hydrogens (tertiary/aromatic N) is 3. The van der Waals surface area contributed by atoms with Gasteiger partial charge in [0.15, 0.2) is 0 Å². The first-order valence-corrected chi connectivity index (χ1v) is 12.1. The molecular formula is C25H27N5O3S. The summed E-state index contributed by atoms with van der Waals surface area (Å²) in [5.41, 5.74) is 2.92. The molecule has 1 aromatic heterocycles. The third-order valence-electron chi connectivity index (χ3n) is 5.82. The van der Waals surface area contributed by atoms with E-state index in [1.807, 2.05) is 49.4 Å². The molecule has 0 aliphatic carbocycles. The molecule has 9 heteroatoms. The van der Waals surface area contributed by atoms with Gasteiger partial charge in [0.25, 0.3) is 11.8 Å². The quantitative estimate of drug-likeness (QED) is 0.540. The van der Waals surface area contributed by atoms with E-state index in [-0.39, 0.29) is 27.7 Å². The second kappa shape index (κ2) is 11.0. The van der Waals surface area contributed by atoms with Gasteiger partial charge in [-0.15, -0.1) is 10.2 Å². The zero-order chi connectivity index (χ0) is 23.9. The monoisotopic (exact) mass is 477 g/mol. The molecule has 0 radical (unpaired) electrons. The van der Waals surface area contributed by atoms with Crippen LogP contribution in [0.15, 0.2) is 54.6 Å². The van der Waals surface area contributed by atoms with Gasteiger partial charge < -0.3 is 15.5 Å². The first-order valence-electron chi connectivity index (χ1n) is 11.3. The molecule has 1 aliphatic heterocycles. The number of nitrogens with one attached hydrogen (secondary N) is 2. The summed E-state index contributed by atoms with van der Waals surface area (Å²) in [7, 11) is 0. The summed E-state index contributed by atoms with van der Waals surface area (Å²) in [5.74, 6) is -0.344. The van der Waals surface area contributed by atoms with Gasteiger partial charge in [0, 0.05) is 31.7 Å². The van der Waals surface area contributed by atoms with Crippen LogP contribution in [-0.2, 0) is 11.3 Å². The number of para-hydroxylation sites is 1. The molecule has 0 atom stereocenters. The van der Waals surface area contributed by atoms with Crippen LogP contribution in [0.2, 0.25) is 0 Å². The summed E-state index contributed by atoms with van der Waals surface area (Å²) < 4.78 is 0. The number of hydrogen-bond acceptors (Lipinski definition) is 6. The number of rotatable bonds is 7. The van der Waals surface area contributed by atoms with Gasteiger partial charge in [-0.3, -0.25) is 14.4 Å². The highest BCUT2D eigenvalue weighted by Crippen LogP contribution is 2.23. The van der Waals surface area contributed by atoms with Crippen molar-refractivity contribution in [1.82, 2.24) is 20.4 Å². The Balaban J connectivity index is 1.22. The molecule has 176 valence electrons. The lowest BCUT2D eigenvalue weighted by atomic mass is 9.93. The van der Waals surface area contributed by atoms with E-state index in [9.17, 15) is 14.4 Å². The Bertz CT molecular complexity index is 1140. The molecule has 8 nitrogen and oxygen atoms in total. The van der Waals surface area contributed by atoms with Gasteiger partial charge >= 0.3 is 0 Å². The smallest absolute Gasteiger partial charge is 0.286 e. The van der Waals surface area contributed by atoms with Crippen molar-refractivity contribution >= 4 is 34.7 Å². The molecule has 0 saturated carbocycles. The zero-order valence-corrected chi connectivity index (χ0v) is 19.8. The number of anilines is 1. The van der Waals surface area contributed by atoms with Crippen LogP contribution in [0.4, 0.5) is 5.69 Å². The molecule has 2 heterocycles. The maximum absolute atomic E-state index is 12.8. The van der Waals surface area contributed by atoms with E-state index in [0.29, 0.717) is 31.7 Å². The fraction of sp³-hybridized carbons (Fsp3) is 0.320. The molecule has 2 aromatic carbocycles. The van der Waals surface area contributed by atoms with Crippen LogP contribution in [-0.4, -0.2) is 45.9 Å². The van der Waals surface area contributed by atoms with Gasteiger partial charge in [0.2, 0.25) is 15.9 Å². The highest BCUT2D eigenvalue weighted by atomic mass is 32.1. The number of carbonyl (C=O) groups is 3. The molecule has 3 amide bonds. The topological polar surface area (TPSA) is 104 Å². The number of likely N-dealkylation sites (tertiary alicyclic amines) is 1. The van der Waals surface area contributed by atoms with Gasteiger partial charge in [0.1, 0.15) is 0 Å². The van der Waals surface area contributed by atoms with Crippen molar-refractivity contribution in [3.63, 3.8) is 0 Å². The average Bonchev–Trinajstić information content (AvgIpc) is 3.35. The molecule has 0 spiro atoms. The molecule has 3 aromatic rings. The van der Waals surface area contributed by atoms with E-state index in [4.69, 9.17) is 0 Å². The Morgan fingerprint density at radius 1 is 0.971 bits per heavy atom. The lowest BCUT2D eigenvalue weighted by molar-refractivity contribution is -0.122. The van der Waals surface area contributed by atoms with Gasteiger partial charge in [-0.25, -0.2) is 0 Å². The molecule has 2 N–H and O–H groups in total. The molecule has 1 fully saturated rings. The average molecular weight is 478 g/mol. The van der Waals surface area contributed by atoms with E-state index >= 15 is 0 Å². The van der Waals surface area contributed by atoms with Crippen molar-refractivity contribution in [3.8, 4) is 0 Å². The van der Waals surface area contributed by atoms with E-state index in [2.05, 4.69) is 20.8 Å². The Morgan fingerprint density at radius 2 is 1.65 bits per heavy atom. The molecule has 4 rings (SSSR count). The van der Waals surface area contributed by atoms with E-state index in [1.54, 1.807) is 17.0 Å². The molecule has 1 saturated heterocycles. The third-order valence-corrected chi connectivity index (χ3v) is 6.73. The number of amides is 3. The second-order valence-electron chi connectivity index (χ2n) is 8.43. The lowest BCUT2D eigenvalue weighted by Gasteiger charge is -2.31. The van der Waals surface area contributed by atoms with Gasteiger partial charge in [-0.1, -0.05) is 59.4 Å². The predicted molar refractivity (Wildman–Crippen MR) is 131 cm³/mol. The van der Waals surface area contributed by atoms with Crippen molar-refractivity contribution < 1.29 is 14.4 Å². The first kappa shape index (κ1) is 23.6. The van der Waals surface area contributed by atoms with Gasteiger partial charge in [-0.2, -0.15) is 0 Å². The minimum Gasteiger partial charge on any atom is -0.352 e. The summed E-state index contributed by atoms with van der Waals surface area (Å²) in [4.78, 5) is 39.3. The van der Waals surface area contributed by atoms with Crippen molar-refractivity contribution in [3.05, 3.63) is 75.7 Å². The largest absolute Gasteiger partial charge is 0.352 e. The lowest BCUT2D eigenvalue weighted by Crippen LogP contribution is -2.39. The van der Waals surface area contributed by atoms with E-state index in [0.717, 1.165) is 29.7 Å². The van der Waals surface area contributed by atoms with Crippen LogP contribution in [0.25, 0.3) is 0 Å².